The molecule has 0 aliphatic carbocycles. The van der Waals surface area contributed by atoms with Gasteiger partial charge in [0.2, 0.25) is 11.8 Å². The van der Waals surface area contributed by atoms with Gasteiger partial charge in [-0.05, 0) is 69.5 Å². The summed E-state index contributed by atoms with van der Waals surface area (Å²) in [5.74, 6) is -4.35. The van der Waals surface area contributed by atoms with Crippen molar-refractivity contribution in [2.24, 2.45) is 11.8 Å². The number of urea groups is 1. The molecule has 11 nitrogen and oxygen atoms in total. The van der Waals surface area contributed by atoms with Crippen LogP contribution in [0.2, 0.25) is 0 Å². The minimum absolute atomic E-state index is 0.0903. The summed E-state index contributed by atoms with van der Waals surface area (Å²) in [6.07, 6.45) is 2.78. The Morgan fingerprint density at radius 1 is 0.909 bits per heavy atom. The molecule has 44 heavy (non-hydrogen) atoms. The molecule has 0 bridgehead atoms. The van der Waals surface area contributed by atoms with Crippen LogP contribution in [0.5, 0.6) is 0 Å². The zero-order valence-electron chi connectivity index (χ0n) is 24.6. The summed E-state index contributed by atoms with van der Waals surface area (Å²) >= 11 is 0. The Morgan fingerprint density at radius 2 is 1.55 bits per heavy atom. The molecule has 0 spiro atoms. The van der Waals surface area contributed by atoms with Gasteiger partial charge in [-0.25, -0.2) is 19.3 Å². The highest BCUT2D eigenvalue weighted by Gasteiger charge is 2.55. The number of β-lactam (4-membered cyclic amide) rings is 1. The summed E-state index contributed by atoms with van der Waals surface area (Å²) in [6.45, 7) is 3.35. The zero-order valence-corrected chi connectivity index (χ0v) is 24.6. The molecule has 0 radical (unpaired) electrons. The van der Waals surface area contributed by atoms with Crippen LogP contribution in [0, 0.1) is 11.8 Å². The molecular formula is C30H41F3N4O7. The van der Waals surface area contributed by atoms with Crippen LogP contribution in [0.1, 0.15) is 56.9 Å². The SMILES string of the molecule is O=C(O)C(F)(F)F.O=C(O)[C@@H]1[C@@H](CCC2CCCNC2)C(=O)N1C(=O)N1CCN(C(=O)CCCCCc2ccccc2)CC1. The van der Waals surface area contributed by atoms with E-state index < -0.39 is 36.1 Å². The average Bonchev–Trinajstić information content (AvgIpc) is 3.00. The second-order valence-electron chi connectivity index (χ2n) is 11.4. The maximum absolute atomic E-state index is 13.0. The maximum atomic E-state index is 13.0. The van der Waals surface area contributed by atoms with E-state index in [4.69, 9.17) is 9.90 Å². The molecule has 3 fully saturated rings. The van der Waals surface area contributed by atoms with E-state index in [1.165, 1.54) is 10.5 Å². The molecule has 3 aliphatic heterocycles. The van der Waals surface area contributed by atoms with Gasteiger partial charge in [0.05, 0.1) is 5.92 Å². The van der Waals surface area contributed by atoms with Crippen LogP contribution in [-0.2, 0) is 25.6 Å². The van der Waals surface area contributed by atoms with E-state index in [1.54, 1.807) is 4.90 Å². The molecule has 3 saturated heterocycles. The number of aliphatic carboxylic acids is 2. The molecule has 3 aliphatic rings. The van der Waals surface area contributed by atoms with E-state index in [2.05, 4.69) is 17.4 Å². The molecule has 14 heteroatoms. The highest BCUT2D eigenvalue weighted by atomic mass is 19.4. The number of amides is 4. The summed E-state index contributed by atoms with van der Waals surface area (Å²) in [6, 6.07) is 8.69. The van der Waals surface area contributed by atoms with Gasteiger partial charge >= 0.3 is 24.1 Å². The predicted octanol–water partition coefficient (Wildman–Crippen LogP) is 3.38. The van der Waals surface area contributed by atoms with Gasteiger partial charge in [0.15, 0.2) is 6.04 Å². The number of halogens is 3. The molecule has 4 amide bonds. The number of unbranched alkanes of at least 4 members (excludes halogenated alkanes) is 2. The van der Waals surface area contributed by atoms with Crippen LogP contribution < -0.4 is 5.32 Å². The first-order valence-electron chi connectivity index (χ1n) is 15.1. The molecule has 1 aromatic carbocycles. The fourth-order valence-corrected chi connectivity index (χ4v) is 5.80. The van der Waals surface area contributed by atoms with E-state index in [0.717, 1.165) is 62.9 Å². The average molecular weight is 627 g/mol. The van der Waals surface area contributed by atoms with Gasteiger partial charge in [0.1, 0.15) is 0 Å². The molecule has 244 valence electrons. The number of nitrogens with one attached hydrogen (secondary N) is 1. The Bertz CT molecular complexity index is 1140. The minimum Gasteiger partial charge on any atom is -0.480 e. The molecule has 1 unspecified atom stereocenters. The summed E-state index contributed by atoms with van der Waals surface area (Å²) < 4.78 is 31.7. The number of alkyl halides is 3. The van der Waals surface area contributed by atoms with Gasteiger partial charge in [-0.3, -0.25) is 9.59 Å². The number of piperidine rings is 1. The molecule has 1 aromatic rings. The number of piperazine rings is 1. The Hall–Kier alpha value is -3.68. The zero-order chi connectivity index (χ0) is 32.3. The fourth-order valence-electron chi connectivity index (χ4n) is 5.80. The molecule has 3 atom stereocenters. The third-order valence-electron chi connectivity index (χ3n) is 8.30. The van der Waals surface area contributed by atoms with Crippen molar-refractivity contribution >= 4 is 29.8 Å². The van der Waals surface area contributed by atoms with Crippen LogP contribution in [-0.4, -0.2) is 106 Å². The van der Waals surface area contributed by atoms with Crippen molar-refractivity contribution in [2.75, 3.05) is 39.3 Å². The van der Waals surface area contributed by atoms with Crippen molar-refractivity contribution in [3.63, 3.8) is 0 Å². The van der Waals surface area contributed by atoms with Gasteiger partial charge in [-0.15, -0.1) is 0 Å². The number of hydrogen-bond donors (Lipinski definition) is 3. The molecular weight excluding hydrogens is 585 g/mol. The third kappa shape index (κ3) is 9.93. The monoisotopic (exact) mass is 626 g/mol. The van der Waals surface area contributed by atoms with E-state index in [-0.39, 0.29) is 11.8 Å². The fraction of sp³-hybridized carbons (Fsp3) is 0.633. The van der Waals surface area contributed by atoms with Gasteiger partial charge in [0, 0.05) is 32.6 Å². The first kappa shape index (κ1) is 34.8. The lowest BCUT2D eigenvalue weighted by atomic mass is 9.80. The van der Waals surface area contributed by atoms with Gasteiger partial charge in [-0.2, -0.15) is 13.2 Å². The summed E-state index contributed by atoms with van der Waals surface area (Å²) in [5.41, 5.74) is 1.31. The topological polar surface area (TPSA) is 148 Å². The molecule has 0 saturated carbocycles. The van der Waals surface area contributed by atoms with Crippen molar-refractivity contribution in [3.05, 3.63) is 35.9 Å². The number of carboxylic acids is 2. The van der Waals surface area contributed by atoms with E-state index in [1.807, 2.05) is 18.2 Å². The number of carbonyl (C=O) groups excluding carboxylic acids is 3. The highest BCUT2D eigenvalue weighted by molar-refractivity contribution is 6.07. The Labute approximate surface area is 254 Å². The molecule has 0 aromatic heterocycles. The van der Waals surface area contributed by atoms with Crippen molar-refractivity contribution in [1.29, 1.82) is 0 Å². The lowest BCUT2D eigenvalue weighted by Crippen LogP contribution is -2.69. The quantitative estimate of drug-likeness (QED) is 0.265. The second-order valence-corrected chi connectivity index (χ2v) is 11.4. The van der Waals surface area contributed by atoms with Crippen LogP contribution in [0.4, 0.5) is 18.0 Å². The van der Waals surface area contributed by atoms with Crippen molar-refractivity contribution in [2.45, 2.75) is 70.0 Å². The number of nitrogens with zero attached hydrogens (tertiary/aromatic N) is 3. The number of rotatable bonds is 10. The normalized spacial score (nSPS) is 22.0. The minimum atomic E-state index is -5.08. The Balaban J connectivity index is 0.000000676. The van der Waals surface area contributed by atoms with Gasteiger partial charge < -0.3 is 25.3 Å². The molecule has 4 rings (SSSR count). The smallest absolute Gasteiger partial charge is 0.480 e. The standard InChI is InChI=1S/C28H40N4O5.C2HF3O2/c33-24(12-6-2-5-10-21-8-3-1-4-9-21)30-16-18-31(19-17-30)28(37)32-25(27(35)36)23(26(32)34)14-13-22-11-7-15-29-20-22;3-2(4,5)1(6)7/h1,3-4,8-9,22-23,25,29H,2,5-7,10-20H2,(H,35,36);(H,6,7)/t22?,23-,25+;/m1./s1. The highest BCUT2D eigenvalue weighted by Crippen LogP contribution is 2.34. The summed E-state index contributed by atoms with van der Waals surface area (Å²) in [4.78, 5) is 63.5. The first-order valence-corrected chi connectivity index (χ1v) is 15.1. The lowest BCUT2D eigenvalue weighted by molar-refractivity contribution is -0.192. The predicted molar refractivity (Wildman–Crippen MR) is 152 cm³/mol. The number of carboxylic acid groups (broad SMARTS) is 2. The lowest BCUT2D eigenvalue weighted by Gasteiger charge is -2.46. The molecule has 3 heterocycles. The van der Waals surface area contributed by atoms with Crippen LogP contribution in [0.15, 0.2) is 30.3 Å². The third-order valence-corrected chi connectivity index (χ3v) is 8.30. The second kappa shape index (κ2) is 16.4. The van der Waals surface area contributed by atoms with Gasteiger partial charge in [-0.1, -0.05) is 36.8 Å². The summed E-state index contributed by atoms with van der Waals surface area (Å²) in [5, 5.41) is 20.2. The van der Waals surface area contributed by atoms with Crippen molar-refractivity contribution < 1.29 is 47.4 Å². The van der Waals surface area contributed by atoms with Crippen LogP contribution >= 0.6 is 0 Å². The van der Waals surface area contributed by atoms with Crippen LogP contribution in [0.25, 0.3) is 0 Å². The Kier molecular flexibility index (Phi) is 13.0. The number of aryl methyl sites for hydroxylation is 1. The van der Waals surface area contributed by atoms with Gasteiger partial charge in [0.25, 0.3) is 0 Å². The summed E-state index contributed by atoms with van der Waals surface area (Å²) in [7, 11) is 0. The number of carbonyl (C=O) groups is 5. The largest absolute Gasteiger partial charge is 0.490 e. The number of likely N-dealkylation sites (tertiary alicyclic amines) is 1. The Morgan fingerprint density at radius 3 is 2.11 bits per heavy atom. The van der Waals surface area contributed by atoms with Crippen molar-refractivity contribution in [3.8, 4) is 0 Å². The van der Waals surface area contributed by atoms with E-state index in [9.17, 15) is 37.5 Å². The number of imide groups is 1. The van der Waals surface area contributed by atoms with E-state index >= 15 is 0 Å². The van der Waals surface area contributed by atoms with Crippen molar-refractivity contribution in [1.82, 2.24) is 20.0 Å². The number of benzene rings is 1. The van der Waals surface area contributed by atoms with Crippen LogP contribution in [0.3, 0.4) is 0 Å². The maximum Gasteiger partial charge on any atom is 0.490 e. The molecule has 3 N–H and O–H groups in total. The van der Waals surface area contributed by atoms with E-state index in [0.29, 0.717) is 44.9 Å². The number of hydrogen-bond acceptors (Lipinski definition) is 6. The first-order chi connectivity index (χ1) is 20.9.